The Hall–Kier alpha value is -1.14. The fraction of sp³-hybridized carbons (Fsp3) is 0.750. The lowest BCUT2D eigenvalue weighted by atomic mass is 9.89. The summed E-state index contributed by atoms with van der Waals surface area (Å²) in [6.07, 6.45) is 4.66. The smallest absolute Gasteiger partial charge is 0.222 e. The van der Waals surface area contributed by atoms with Crippen molar-refractivity contribution in [3.05, 3.63) is 12.7 Å². The molecule has 1 saturated heterocycles. The molecule has 1 aliphatic rings. The zero-order chi connectivity index (χ0) is 13.0. The van der Waals surface area contributed by atoms with Gasteiger partial charge in [-0.1, -0.05) is 6.92 Å². The van der Waals surface area contributed by atoms with Crippen LogP contribution < -0.4 is 10.6 Å². The molecule has 1 aromatic rings. The SMILES string of the molecule is CC1CCNC(C)C1NC(=O)CCn1cncn1.Cl. The van der Waals surface area contributed by atoms with Gasteiger partial charge < -0.3 is 10.6 Å². The minimum absolute atomic E-state index is 0. The van der Waals surface area contributed by atoms with Gasteiger partial charge in [-0.2, -0.15) is 5.10 Å². The highest BCUT2D eigenvalue weighted by Gasteiger charge is 2.28. The van der Waals surface area contributed by atoms with Gasteiger partial charge in [-0.3, -0.25) is 9.48 Å². The lowest BCUT2D eigenvalue weighted by Crippen LogP contribution is -2.56. The van der Waals surface area contributed by atoms with E-state index in [0.717, 1.165) is 13.0 Å². The number of piperidine rings is 1. The van der Waals surface area contributed by atoms with Gasteiger partial charge in [0.2, 0.25) is 5.91 Å². The zero-order valence-electron chi connectivity index (χ0n) is 11.4. The molecule has 0 spiro atoms. The largest absolute Gasteiger partial charge is 0.351 e. The Morgan fingerprint density at radius 1 is 1.53 bits per heavy atom. The second-order valence-corrected chi connectivity index (χ2v) is 5.01. The Kier molecular flexibility index (Phi) is 6.24. The molecule has 7 heteroatoms. The Morgan fingerprint density at radius 3 is 2.95 bits per heavy atom. The zero-order valence-corrected chi connectivity index (χ0v) is 12.2. The monoisotopic (exact) mass is 287 g/mol. The molecular weight excluding hydrogens is 266 g/mol. The van der Waals surface area contributed by atoms with Crippen LogP contribution in [0.15, 0.2) is 12.7 Å². The lowest BCUT2D eigenvalue weighted by molar-refractivity contribution is -0.122. The van der Waals surface area contributed by atoms with Gasteiger partial charge >= 0.3 is 0 Å². The highest BCUT2D eigenvalue weighted by Crippen LogP contribution is 2.16. The van der Waals surface area contributed by atoms with E-state index in [0.29, 0.717) is 24.9 Å². The Labute approximate surface area is 119 Å². The van der Waals surface area contributed by atoms with E-state index in [9.17, 15) is 4.79 Å². The van der Waals surface area contributed by atoms with Gasteiger partial charge in [0.1, 0.15) is 12.7 Å². The van der Waals surface area contributed by atoms with Crippen molar-refractivity contribution in [1.29, 1.82) is 0 Å². The number of aromatic nitrogens is 3. The number of nitrogens with one attached hydrogen (secondary N) is 2. The Bertz CT molecular complexity index is 373. The van der Waals surface area contributed by atoms with E-state index in [1.807, 2.05) is 0 Å². The number of carbonyl (C=O) groups is 1. The summed E-state index contributed by atoms with van der Waals surface area (Å²) < 4.78 is 1.67. The molecule has 3 atom stereocenters. The van der Waals surface area contributed by atoms with Crippen LogP contribution in [0.2, 0.25) is 0 Å². The van der Waals surface area contributed by atoms with Crippen LogP contribution in [-0.4, -0.2) is 39.3 Å². The lowest BCUT2D eigenvalue weighted by Gasteiger charge is -2.36. The van der Waals surface area contributed by atoms with Crippen molar-refractivity contribution in [1.82, 2.24) is 25.4 Å². The Balaban J connectivity index is 0.00000180. The summed E-state index contributed by atoms with van der Waals surface area (Å²) in [5, 5.41) is 10.5. The van der Waals surface area contributed by atoms with Gasteiger partial charge in [0.15, 0.2) is 0 Å². The van der Waals surface area contributed by atoms with E-state index < -0.39 is 0 Å². The predicted octanol–water partition coefficient (Wildman–Crippen LogP) is 0.593. The van der Waals surface area contributed by atoms with Crippen LogP contribution in [0.25, 0.3) is 0 Å². The Morgan fingerprint density at radius 2 is 2.32 bits per heavy atom. The topological polar surface area (TPSA) is 71.8 Å². The minimum atomic E-state index is 0. The van der Waals surface area contributed by atoms with Gasteiger partial charge in [0.25, 0.3) is 0 Å². The maximum atomic E-state index is 11.9. The van der Waals surface area contributed by atoms with Crippen LogP contribution >= 0.6 is 12.4 Å². The molecule has 2 rings (SSSR count). The number of halogens is 1. The first-order valence-corrected chi connectivity index (χ1v) is 6.52. The standard InChI is InChI=1S/C12H21N5O.ClH/c1-9-3-5-14-10(2)12(9)16-11(18)4-6-17-8-13-7-15-17;/h7-10,12,14H,3-6H2,1-2H3,(H,16,18);1H. The average Bonchev–Trinajstić information content (AvgIpc) is 2.84. The third kappa shape index (κ3) is 4.47. The number of nitrogens with zero attached hydrogens (tertiary/aromatic N) is 3. The summed E-state index contributed by atoms with van der Waals surface area (Å²) in [5.74, 6) is 0.606. The van der Waals surface area contributed by atoms with Gasteiger partial charge in [0.05, 0.1) is 6.54 Å². The first kappa shape index (κ1) is 15.9. The predicted molar refractivity (Wildman–Crippen MR) is 75.1 cm³/mol. The van der Waals surface area contributed by atoms with Gasteiger partial charge in [0, 0.05) is 18.5 Å². The molecule has 2 heterocycles. The van der Waals surface area contributed by atoms with Crippen molar-refractivity contribution in [3.63, 3.8) is 0 Å². The molecule has 0 aromatic carbocycles. The number of hydrogen-bond donors (Lipinski definition) is 2. The molecule has 1 amide bonds. The van der Waals surface area contributed by atoms with E-state index in [-0.39, 0.29) is 24.4 Å². The number of amides is 1. The van der Waals surface area contributed by atoms with Crippen molar-refractivity contribution in [3.8, 4) is 0 Å². The molecular formula is C12H22ClN5O. The maximum absolute atomic E-state index is 11.9. The molecule has 19 heavy (non-hydrogen) atoms. The number of carbonyl (C=O) groups excluding carboxylic acids is 1. The van der Waals surface area contributed by atoms with Crippen molar-refractivity contribution in [2.24, 2.45) is 5.92 Å². The van der Waals surface area contributed by atoms with E-state index in [1.54, 1.807) is 11.0 Å². The number of aryl methyl sites for hydroxylation is 1. The molecule has 6 nitrogen and oxygen atoms in total. The second-order valence-electron chi connectivity index (χ2n) is 5.01. The van der Waals surface area contributed by atoms with Crippen molar-refractivity contribution in [2.75, 3.05) is 6.54 Å². The van der Waals surface area contributed by atoms with Gasteiger partial charge in [-0.15, -0.1) is 12.4 Å². The summed E-state index contributed by atoms with van der Waals surface area (Å²) in [6.45, 7) is 5.93. The van der Waals surface area contributed by atoms with Crippen molar-refractivity contribution in [2.45, 2.75) is 45.3 Å². The third-order valence-electron chi connectivity index (χ3n) is 3.58. The van der Waals surface area contributed by atoms with E-state index in [2.05, 4.69) is 34.6 Å². The van der Waals surface area contributed by atoms with E-state index in [1.165, 1.54) is 6.33 Å². The molecule has 2 N–H and O–H groups in total. The summed E-state index contributed by atoms with van der Waals surface area (Å²) in [4.78, 5) is 15.7. The summed E-state index contributed by atoms with van der Waals surface area (Å²) >= 11 is 0. The molecule has 1 aromatic heterocycles. The van der Waals surface area contributed by atoms with Crippen LogP contribution in [-0.2, 0) is 11.3 Å². The summed E-state index contributed by atoms with van der Waals surface area (Å²) in [5.41, 5.74) is 0. The van der Waals surface area contributed by atoms with Crippen LogP contribution in [0.5, 0.6) is 0 Å². The van der Waals surface area contributed by atoms with E-state index >= 15 is 0 Å². The highest BCUT2D eigenvalue weighted by molar-refractivity contribution is 5.85. The second kappa shape index (κ2) is 7.45. The van der Waals surface area contributed by atoms with Crippen LogP contribution in [0.3, 0.4) is 0 Å². The van der Waals surface area contributed by atoms with Crippen molar-refractivity contribution < 1.29 is 4.79 Å². The fourth-order valence-corrected chi connectivity index (χ4v) is 2.43. The highest BCUT2D eigenvalue weighted by atomic mass is 35.5. The first-order chi connectivity index (χ1) is 8.66. The minimum Gasteiger partial charge on any atom is -0.351 e. The van der Waals surface area contributed by atoms with Crippen molar-refractivity contribution >= 4 is 18.3 Å². The fourth-order valence-electron chi connectivity index (χ4n) is 2.43. The summed E-state index contributed by atoms with van der Waals surface area (Å²) in [6, 6.07) is 0.561. The third-order valence-corrected chi connectivity index (χ3v) is 3.58. The molecule has 1 aliphatic heterocycles. The van der Waals surface area contributed by atoms with Gasteiger partial charge in [-0.25, -0.2) is 4.98 Å². The van der Waals surface area contributed by atoms with E-state index in [4.69, 9.17) is 0 Å². The number of hydrogen-bond acceptors (Lipinski definition) is 4. The number of rotatable bonds is 4. The quantitative estimate of drug-likeness (QED) is 0.850. The molecule has 1 fully saturated rings. The first-order valence-electron chi connectivity index (χ1n) is 6.52. The molecule has 3 unspecified atom stereocenters. The van der Waals surface area contributed by atoms with Crippen LogP contribution in [0.1, 0.15) is 26.7 Å². The average molecular weight is 288 g/mol. The maximum Gasteiger partial charge on any atom is 0.222 e. The van der Waals surface area contributed by atoms with Gasteiger partial charge in [-0.05, 0) is 25.8 Å². The molecule has 108 valence electrons. The molecule has 0 saturated carbocycles. The molecule has 0 aliphatic carbocycles. The molecule has 0 bridgehead atoms. The van der Waals surface area contributed by atoms with Crippen LogP contribution in [0, 0.1) is 5.92 Å². The molecule has 0 radical (unpaired) electrons. The normalized spacial score (nSPS) is 26.5. The van der Waals surface area contributed by atoms with Crippen LogP contribution in [0.4, 0.5) is 0 Å². The summed E-state index contributed by atoms with van der Waals surface area (Å²) in [7, 11) is 0.